The minimum Gasteiger partial charge on any atom is -0.400 e. The minimum absolute atomic E-state index is 0.0872. The van der Waals surface area contributed by atoms with Gasteiger partial charge < -0.3 is 26.0 Å². The van der Waals surface area contributed by atoms with Crippen molar-refractivity contribution in [3.63, 3.8) is 0 Å². The minimum atomic E-state index is -0.0872. The van der Waals surface area contributed by atoms with Crippen molar-refractivity contribution in [2.24, 2.45) is 4.99 Å². The molecule has 0 atom stereocenters. The van der Waals surface area contributed by atoms with Crippen molar-refractivity contribution in [2.45, 2.75) is 81.1 Å². The molecular weight excluding hydrogens is 526 g/mol. The van der Waals surface area contributed by atoms with Crippen molar-refractivity contribution < 1.29 is 14.7 Å². The number of rotatable bonds is 12. The number of carbonyl (C=O) groups is 2. The van der Waals surface area contributed by atoms with Crippen molar-refractivity contribution in [3.05, 3.63) is 65.5 Å². The number of hydrogen-bond donors (Lipinski definition) is 4. The summed E-state index contributed by atoms with van der Waals surface area (Å²) < 4.78 is 0. The number of hydrogen-bond acceptors (Lipinski definition) is 5. The van der Waals surface area contributed by atoms with E-state index in [0.29, 0.717) is 18.1 Å². The van der Waals surface area contributed by atoms with E-state index in [2.05, 4.69) is 47.6 Å². The summed E-state index contributed by atoms with van der Waals surface area (Å²) in [5.41, 5.74) is 2.06. The summed E-state index contributed by atoms with van der Waals surface area (Å²) in [6, 6.07) is 6.99. The summed E-state index contributed by atoms with van der Waals surface area (Å²) in [5.74, 6) is 0. The number of urea groups is 1. The SMILES string of the molecule is C=NCN/C=C(\C)C/C=C\C.CC.CC.CC/C=C/NC=O.CCCCN(C)C(=O)Nc1ccc(Cl)cc1.CO. The summed E-state index contributed by atoms with van der Waals surface area (Å²) in [6.07, 6.45) is 14.3. The van der Waals surface area contributed by atoms with Gasteiger partial charge in [-0.25, -0.2) is 4.79 Å². The van der Waals surface area contributed by atoms with Crippen molar-refractivity contribution in [3.8, 4) is 0 Å². The van der Waals surface area contributed by atoms with Gasteiger partial charge in [-0.3, -0.25) is 9.79 Å². The quantitative estimate of drug-likeness (QED) is 0.0864. The Balaban J connectivity index is -0.000000148. The number of aliphatic hydroxyl groups is 1. The first-order valence-electron chi connectivity index (χ1n) is 13.9. The van der Waals surface area contributed by atoms with Crippen LogP contribution in [-0.4, -0.2) is 56.5 Å². The first-order chi connectivity index (χ1) is 19.4. The highest BCUT2D eigenvalue weighted by atomic mass is 35.5. The number of aliphatic hydroxyl groups excluding tert-OH is 1. The van der Waals surface area contributed by atoms with Gasteiger partial charge in [-0.15, -0.1) is 0 Å². The van der Waals surface area contributed by atoms with Gasteiger partial charge in [0.05, 0.1) is 0 Å². The topological polar surface area (TPSA) is 106 Å². The highest BCUT2D eigenvalue weighted by Crippen LogP contribution is 2.13. The van der Waals surface area contributed by atoms with Gasteiger partial charge in [-0.05, 0) is 76.5 Å². The predicted molar refractivity (Wildman–Crippen MR) is 178 cm³/mol. The molecule has 0 unspecified atom stereocenters. The zero-order chi connectivity index (χ0) is 32.0. The average Bonchev–Trinajstić information content (AvgIpc) is 3.00. The van der Waals surface area contributed by atoms with Crippen molar-refractivity contribution in [2.75, 3.05) is 32.7 Å². The lowest BCUT2D eigenvalue weighted by Gasteiger charge is -2.17. The van der Waals surface area contributed by atoms with Crippen LogP contribution < -0.4 is 16.0 Å². The van der Waals surface area contributed by atoms with Gasteiger partial charge in [-0.1, -0.05) is 83.4 Å². The maximum Gasteiger partial charge on any atom is 0.321 e. The van der Waals surface area contributed by atoms with Gasteiger partial charge in [0.25, 0.3) is 0 Å². The Kier molecular flexibility index (Phi) is 50.2. The number of halogens is 1. The van der Waals surface area contributed by atoms with Crippen LogP contribution in [-0.2, 0) is 4.79 Å². The number of unbranched alkanes of at least 4 members (excludes halogenated alkanes) is 1. The van der Waals surface area contributed by atoms with Crippen LogP contribution >= 0.6 is 11.6 Å². The van der Waals surface area contributed by atoms with Crippen LogP contribution in [0.4, 0.5) is 10.5 Å². The second-order valence-electron chi connectivity index (χ2n) is 7.16. The highest BCUT2D eigenvalue weighted by Gasteiger charge is 2.07. The summed E-state index contributed by atoms with van der Waals surface area (Å²) >= 11 is 5.76. The smallest absolute Gasteiger partial charge is 0.321 e. The molecule has 0 saturated heterocycles. The number of nitrogens with one attached hydrogen (secondary N) is 3. The van der Waals surface area contributed by atoms with Crippen LogP contribution in [0.3, 0.4) is 0 Å². The zero-order valence-corrected chi connectivity index (χ0v) is 27.5. The molecule has 232 valence electrons. The maximum absolute atomic E-state index is 11.7. The van der Waals surface area contributed by atoms with Crippen LogP contribution in [0.15, 0.2) is 65.5 Å². The lowest BCUT2D eigenvalue weighted by Crippen LogP contribution is -2.32. The second kappa shape index (κ2) is 43.0. The molecule has 0 aliphatic carbocycles. The van der Waals surface area contributed by atoms with Crippen molar-refractivity contribution >= 4 is 36.4 Å². The van der Waals surface area contributed by atoms with Crippen molar-refractivity contribution in [1.82, 2.24) is 15.5 Å². The Hall–Kier alpha value is -3.10. The summed E-state index contributed by atoms with van der Waals surface area (Å²) in [7, 11) is 2.79. The van der Waals surface area contributed by atoms with Gasteiger partial charge in [-0.2, -0.15) is 0 Å². The lowest BCUT2D eigenvalue weighted by molar-refractivity contribution is -0.108. The Morgan fingerprint density at radius 2 is 1.68 bits per heavy atom. The van der Waals surface area contributed by atoms with E-state index in [9.17, 15) is 9.59 Å². The maximum atomic E-state index is 11.7. The molecule has 0 saturated carbocycles. The number of nitrogens with zero attached hydrogens (tertiary/aromatic N) is 2. The Morgan fingerprint density at radius 1 is 1.10 bits per heavy atom. The lowest BCUT2D eigenvalue weighted by atomic mass is 10.2. The molecule has 0 aliphatic heterocycles. The predicted octanol–water partition coefficient (Wildman–Crippen LogP) is 8.02. The molecule has 0 fully saturated rings. The fraction of sp³-hybridized carbons (Fsp3) is 0.516. The first-order valence-corrected chi connectivity index (χ1v) is 14.2. The second-order valence-corrected chi connectivity index (χ2v) is 7.59. The molecule has 8 nitrogen and oxygen atoms in total. The normalized spacial score (nSPS) is 9.35. The first kappa shape index (κ1) is 46.7. The Morgan fingerprint density at radius 3 is 2.12 bits per heavy atom. The molecule has 0 bridgehead atoms. The molecule has 0 aromatic heterocycles. The molecule has 3 amide bonds. The molecule has 4 N–H and O–H groups in total. The third-order valence-electron chi connectivity index (χ3n) is 4.03. The standard InChI is InChI=1S/C12H17ClN2O.C9H16N2.C5H9NO.2C2H6.CH4O/c1-3-4-9-15(2)12(16)14-11-7-5-10(13)6-8-11;1-4-5-6-9(2)7-11-8-10-3;1-2-3-4-6-5-7;3*1-2/h5-8H,3-4,9H2,1-2H3,(H,14,16);4-5,7,11H,3,6,8H2,1-2H3;3-5H,2H2,1H3,(H,6,7);2*1-2H3;2H,1H3/b;5-4-,9-7+;4-3+;;;. The number of carbonyl (C=O) groups excluding carboxylic acids is 2. The van der Waals surface area contributed by atoms with E-state index in [1.807, 2.05) is 59.9 Å². The number of amides is 3. The van der Waals surface area contributed by atoms with E-state index in [-0.39, 0.29) is 6.03 Å². The van der Waals surface area contributed by atoms with Crippen molar-refractivity contribution in [1.29, 1.82) is 0 Å². The molecule has 0 radical (unpaired) electrons. The fourth-order valence-corrected chi connectivity index (χ4v) is 2.25. The molecule has 1 aromatic rings. The van der Waals surface area contributed by atoms with E-state index < -0.39 is 0 Å². The highest BCUT2D eigenvalue weighted by molar-refractivity contribution is 6.30. The molecule has 40 heavy (non-hydrogen) atoms. The molecule has 1 rings (SSSR count). The van der Waals surface area contributed by atoms with Crippen LogP contribution in [0.1, 0.15) is 81.1 Å². The molecule has 9 heteroatoms. The molecule has 1 aromatic carbocycles. The van der Waals surface area contributed by atoms with E-state index in [4.69, 9.17) is 16.7 Å². The van der Waals surface area contributed by atoms with Gasteiger partial charge >= 0.3 is 6.03 Å². The van der Waals surface area contributed by atoms with Crippen LogP contribution in [0.2, 0.25) is 5.02 Å². The van der Waals surface area contributed by atoms with Gasteiger partial charge in [0, 0.05) is 31.4 Å². The third-order valence-corrected chi connectivity index (χ3v) is 4.29. The molecule has 0 spiro atoms. The number of aliphatic imine (C=N–C) groups is 1. The van der Waals surface area contributed by atoms with E-state index in [0.717, 1.165) is 45.0 Å². The molecular formula is C31H58ClN5O3. The van der Waals surface area contributed by atoms with Gasteiger partial charge in [0.1, 0.15) is 6.67 Å². The number of anilines is 1. The van der Waals surface area contributed by atoms with E-state index in [1.54, 1.807) is 42.4 Å². The summed E-state index contributed by atoms with van der Waals surface area (Å²) in [6.45, 7) is 20.9. The largest absolute Gasteiger partial charge is 0.400 e. The summed E-state index contributed by atoms with van der Waals surface area (Å²) in [4.78, 5) is 26.5. The molecule has 0 heterocycles. The van der Waals surface area contributed by atoms with Crippen LogP contribution in [0.5, 0.6) is 0 Å². The average molecular weight is 584 g/mol. The number of benzene rings is 1. The van der Waals surface area contributed by atoms with E-state index >= 15 is 0 Å². The fourth-order valence-electron chi connectivity index (χ4n) is 2.12. The van der Waals surface area contributed by atoms with Gasteiger partial charge in [0.15, 0.2) is 0 Å². The summed E-state index contributed by atoms with van der Waals surface area (Å²) in [5, 5.41) is 15.9. The Bertz CT molecular complexity index is 752. The zero-order valence-electron chi connectivity index (χ0n) is 26.8. The Labute approximate surface area is 250 Å². The number of allylic oxidation sites excluding steroid dienone is 4. The van der Waals surface area contributed by atoms with E-state index in [1.165, 1.54) is 5.57 Å². The third kappa shape index (κ3) is 39.4. The van der Waals surface area contributed by atoms with Crippen LogP contribution in [0.25, 0.3) is 0 Å². The molecule has 0 aliphatic rings. The van der Waals surface area contributed by atoms with Crippen LogP contribution in [0, 0.1) is 0 Å². The van der Waals surface area contributed by atoms with Gasteiger partial charge in [0.2, 0.25) is 6.41 Å². The monoisotopic (exact) mass is 583 g/mol.